The number of para-hydroxylation sites is 2. The zero-order valence-corrected chi connectivity index (χ0v) is 13.3. The first-order valence-corrected chi connectivity index (χ1v) is 9.08. The molecule has 1 aromatic carbocycles. The van der Waals surface area contributed by atoms with Gasteiger partial charge in [-0.1, -0.05) is 25.0 Å². The van der Waals surface area contributed by atoms with E-state index >= 15 is 0 Å². The highest BCUT2D eigenvalue weighted by Gasteiger charge is 2.28. The fraction of sp³-hybridized carbons (Fsp3) is 0.600. The Morgan fingerprint density at radius 1 is 1.29 bits per heavy atom. The van der Waals surface area contributed by atoms with Crippen molar-refractivity contribution >= 4 is 15.7 Å². The number of anilines is 1. The van der Waals surface area contributed by atoms with Crippen molar-refractivity contribution in [1.29, 1.82) is 0 Å². The number of nitrogens with zero attached hydrogens (tertiary/aromatic N) is 1. The smallest absolute Gasteiger partial charge is 0.217 e. The van der Waals surface area contributed by atoms with Crippen LogP contribution in [-0.4, -0.2) is 37.7 Å². The number of sulfonamides is 1. The van der Waals surface area contributed by atoms with E-state index in [0.29, 0.717) is 18.0 Å². The van der Waals surface area contributed by atoms with Crippen LogP contribution >= 0.6 is 0 Å². The zero-order valence-electron chi connectivity index (χ0n) is 12.5. The zero-order chi connectivity index (χ0) is 15.3. The highest BCUT2D eigenvalue weighted by Crippen LogP contribution is 2.22. The van der Waals surface area contributed by atoms with Crippen LogP contribution in [-0.2, 0) is 10.0 Å². The summed E-state index contributed by atoms with van der Waals surface area (Å²) in [5.74, 6) is 0.530. The molecule has 1 aliphatic heterocycles. The third-order valence-electron chi connectivity index (χ3n) is 3.87. The van der Waals surface area contributed by atoms with Gasteiger partial charge in [0.25, 0.3) is 0 Å². The average Bonchev–Trinajstić information content (AvgIpc) is 2.66. The summed E-state index contributed by atoms with van der Waals surface area (Å²) in [6.45, 7) is 2.73. The van der Waals surface area contributed by atoms with Crippen LogP contribution in [0, 0.1) is 0 Å². The number of ether oxygens (including phenoxy) is 1. The monoisotopic (exact) mass is 312 g/mol. The van der Waals surface area contributed by atoms with E-state index in [1.54, 1.807) is 16.4 Å². The molecule has 0 aliphatic carbocycles. The van der Waals surface area contributed by atoms with Crippen LogP contribution in [0.3, 0.4) is 0 Å². The van der Waals surface area contributed by atoms with Crippen molar-refractivity contribution in [2.75, 3.05) is 24.6 Å². The largest absolute Gasteiger partial charge is 0.490 e. The number of nitrogen functional groups attached to an aromatic ring is 1. The van der Waals surface area contributed by atoms with Gasteiger partial charge in [0.05, 0.1) is 11.4 Å². The summed E-state index contributed by atoms with van der Waals surface area (Å²) >= 11 is 0. The summed E-state index contributed by atoms with van der Waals surface area (Å²) < 4.78 is 32.0. The quantitative estimate of drug-likeness (QED) is 0.846. The topological polar surface area (TPSA) is 72.6 Å². The second-order valence-corrected chi connectivity index (χ2v) is 7.55. The maximum Gasteiger partial charge on any atom is 0.217 e. The van der Waals surface area contributed by atoms with Crippen LogP contribution in [0.25, 0.3) is 0 Å². The molecule has 1 aromatic rings. The SMILES string of the molecule is CC1CCCCCN1S(=O)(=O)CCOc1ccccc1N. The molecule has 0 amide bonds. The second-order valence-electron chi connectivity index (χ2n) is 5.51. The lowest BCUT2D eigenvalue weighted by Crippen LogP contribution is -2.40. The predicted octanol–water partition coefficient (Wildman–Crippen LogP) is 2.24. The van der Waals surface area contributed by atoms with E-state index in [9.17, 15) is 8.42 Å². The molecule has 2 N–H and O–H groups in total. The molecule has 1 aliphatic rings. The standard InChI is InChI=1S/C15H24N2O3S/c1-13-7-3-2-6-10-17(13)21(18,19)12-11-20-15-9-5-4-8-14(15)16/h4-5,8-9,13H,2-3,6-7,10-12,16H2,1H3. The van der Waals surface area contributed by atoms with Crippen LogP contribution in [0.5, 0.6) is 5.75 Å². The Labute approximate surface area is 127 Å². The van der Waals surface area contributed by atoms with Gasteiger partial charge in [0, 0.05) is 12.6 Å². The number of hydrogen-bond acceptors (Lipinski definition) is 4. The van der Waals surface area contributed by atoms with Crippen molar-refractivity contribution in [2.45, 2.75) is 38.6 Å². The van der Waals surface area contributed by atoms with Crippen molar-refractivity contribution < 1.29 is 13.2 Å². The van der Waals surface area contributed by atoms with E-state index in [2.05, 4.69) is 0 Å². The number of rotatable bonds is 5. The lowest BCUT2D eigenvalue weighted by atomic mass is 10.1. The van der Waals surface area contributed by atoms with E-state index in [4.69, 9.17) is 10.5 Å². The van der Waals surface area contributed by atoms with Crippen LogP contribution < -0.4 is 10.5 Å². The van der Waals surface area contributed by atoms with E-state index in [1.807, 2.05) is 19.1 Å². The van der Waals surface area contributed by atoms with Crippen LogP contribution in [0.15, 0.2) is 24.3 Å². The minimum absolute atomic E-state index is 0.00826. The van der Waals surface area contributed by atoms with Gasteiger partial charge in [0.2, 0.25) is 10.0 Å². The van der Waals surface area contributed by atoms with Crippen LogP contribution in [0.4, 0.5) is 5.69 Å². The number of benzene rings is 1. The molecule has 0 bridgehead atoms. The summed E-state index contributed by atoms with van der Waals surface area (Å²) in [4.78, 5) is 0. The van der Waals surface area contributed by atoms with Crippen molar-refractivity contribution in [3.05, 3.63) is 24.3 Å². The van der Waals surface area contributed by atoms with Crippen molar-refractivity contribution in [3.63, 3.8) is 0 Å². The number of nitrogens with two attached hydrogens (primary N) is 1. The molecule has 0 aromatic heterocycles. The Morgan fingerprint density at radius 2 is 2.05 bits per heavy atom. The van der Waals surface area contributed by atoms with Crippen LogP contribution in [0.1, 0.15) is 32.6 Å². The van der Waals surface area contributed by atoms with Gasteiger partial charge in [-0.05, 0) is 31.9 Å². The van der Waals surface area contributed by atoms with Gasteiger partial charge < -0.3 is 10.5 Å². The van der Waals surface area contributed by atoms with Crippen molar-refractivity contribution in [2.24, 2.45) is 0 Å². The lowest BCUT2D eigenvalue weighted by molar-refractivity contribution is 0.319. The normalized spacial score (nSPS) is 20.9. The summed E-state index contributed by atoms with van der Waals surface area (Å²) in [6, 6.07) is 7.20. The Balaban J connectivity index is 1.93. The Morgan fingerprint density at radius 3 is 2.81 bits per heavy atom. The maximum absolute atomic E-state index is 12.4. The molecule has 0 spiro atoms. The van der Waals surface area contributed by atoms with Gasteiger partial charge in [-0.15, -0.1) is 0 Å². The van der Waals surface area contributed by atoms with Gasteiger partial charge in [-0.25, -0.2) is 8.42 Å². The first-order chi connectivity index (χ1) is 10.0. The molecule has 6 heteroatoms. The molecule has 1 unspecified atom stereocenters. The lowest BCUT2D eigenvalue weighted by Gasteiger charge is -2.26. The highest BCUT2D eigenvalue weighted by molar-refractivity contribution is 7.89. The van der Waals surface area contributed by atoms with E-state index < -0.39 is 10.0 Å². The second kappa shape index (κ2) is 7.13. The fourth-order valence-electron chi connectivity index (χ4n) is 2.65. The minimum Gasteiger partial charge on any atom is -0.490 e. The Hall–Kier alpha value is -1.27. The molecule has 2 rings (SSSR count). The molecule has 0 radical (unpaired) electrons. The molecule has 1 fully saturated rings. The van der Waals surface area contributed by atoms with E-state index in [0.717, 1.165) is 25.7 Å². The van der Waals surface area contributed by atoms with Gasteiger partial charge in [0.1, 0.15) is 12.4 Å². The third-order valence-corrected chi connectivity index (χ3v) is 5.81. The van der Waals surface area contributed by atoms with Crippen molar-refractivity contribution in [1.82, 2.24) is 4.31 Å². The number of hydrogen-bond donors (Lipinski definition) is 1. The average molecular weight is 312 g/mol. The molecule has 1 atom stereocenters. The Kier molecular flexibility index (Phi) is 5.47. The summed E-state index contributed by atoms with van der Waals surface area (Å²) in [5, 5.41) is 0. The molecule has 118 valence electrons. The molecule has 1 saturated heterocycles. The fourth-order valence-corrected chi connectivity index (χ4v) is 4.24. The molecule has 0 saturated carbocycles. The summed E-state index contributed by atoms with van der Waals surface area (Å²) in [7, 11) is -3.27. The van der Waals surface area contributed by atoms with Gasteiger partial charge in [0.15, 0.2) is 0 Å². The minimum atomic E-state index is -3.27. The maximum atomic E-state index is 12.4. The van der Waals surface area contributed by atoms with Crippen molar-refractivity contribution in [3.8, 4) is 5.75 Å². The first kappa shape index (κ1) is 16.1. The van der Waals surface area contributed by atoms with Gasteiger partial charge in [-0.2, -0.15) is 4.31 Å². The van der Waals surface area contributed by atoms with Crippen LogP contribution in [0.2, 0.25) is 0 Å². The first-order valence-electron chi connectivity index (χ1n) is 7.47. The summed E-state index contributed by atoms with van der Waals surface area (Å²) in [6.07, 6.45) is 4.08. The van der Waals surface area contributed by atoms with E-state index in [1.165, 1.54) is 0 Å². The molecule has 1 heterocycles. The van der Waals surface area contributed by atoms with Gasteiger partial charge >= 0.3 is 0 Å². The van der Waals surface area contributed by atoms with E-state index in [-0.39, 0.29) is 18.4 Å². The third kappa shape index (κ3) is 4.35. The molecular formula is C15H24N2O3S. The molecular weight excluding hydrogens is 288 g/mol. The Bertz CT molecular complexity index is 560. The summed E-state index contributed by atoms with van der Waals surface area (Å²) in [5.41, 5.74) is 6.30. The van der Waals surface area contributed by atoms with Gasteiger partial charge in [-0.3, -0.25) is 0 Å². The molecule has 5 nitrogen and oxygen atoms in total. The molecule has 21 heavy (non-hydrogen) atoms. The highest BCUT2D eigenvalue weighted by atomic mass is 32.2. The predicted molar refractivity (Wildman–Crippen MR) is 84.8 cm³/mol.